The van der Waals surface area contributed by atoms with Crippen molar-refractivity contribution in [3.8, 4) is 11.4 Å². The Kier molecular flexibility index (Phi) is 6.60. The summed E-state index contributed by atoms with van der Waals surface area (Å²) >= 11 is 3.41. The SMILES string of the molecule is CCN(C(=O)c1ccc(Br)cc1)C(C)c1nc2ccccc2c(=O)n1-c1ccc(OC)cc1. The maximum absolute atomic E-state index is 13.6. The molecule has 0 saturated heterocycles. The molecule has 0 aliphatic heterocycles. The average Bonchev–Trinajstić information content (AvgIpc) is 2.85. The largest absolute Gasteiger partial charge is 0.497 e. The molecule has 0 aliphatic carbocycles. The average molecular weight is 506 g/mol. The van der Waals surface area contributed by atoms with Crippen LogP contribution in [-0.4, -0.2) is 34.0 Å². The molecule has 4 rings (SSSR count). The first-order valence-electron chi connectivity index (χ1n) is 10.7. The molecule has 0 aliphatic rings. The summed E-state index contributed by atoms with van der Waals surface area (Å²) in [6.07, 6.45) is 0. The van der Waals surface area contributed by atoms with Gasteiger partial charge < -0.3 is 9.64 Å². The topological polar surface area (TPSA) is 64.4 Å². The fourth-order valence-corrected chi connectivity index (χ4v) is 4.17. The Balaban J connectivity index is 1.87. The molecule has 0 saturated carbocycles. The van der Waals surface area contributed by atoms with E-state index in [4.69, 9.17) is 9.72 Å². The number of para-hydroxylation sites is 1. The number of hydrogen-bond donors (Lipinski definition) is 0. The summed E-state index contributed by atoms with van der Waals surface area (Å²) in [5.41, 5.74) is 1.65. The molecule has 0 fully saturated rings. The Morgan fingerprint density at radius 1 is 1.06 bits per heavy atom. The van der Waals surface area contributed by atoms with Gasteiger partial charge in [0.2, 0.25) is 0 Å². The molecular weight excluding hydrogens is 482 g/mol. The smallest absolute Gasteiger partial charge is 0.266 e. The first-order valence-corrected chi connectivity index (χ1v) is 11.5. The minimum Gasteiger partial charge on any atom is -0.497 e. The number of benzene rings is 3. The monoisotopic (exact) mass is 505 g/mol. The van der Waals surface area contributed by atoms with Crippen molar-refractivity contribution in [2.24, 2.45) is 0 Å². The van der Waals surface area contributed by atoms with Crippen LogP contribution in [0.4, 0.5) is 0 Å². The summed E-state index contributed by atoms with van der Waals surface area (Å²) < 4.78 is 7.76. The Morgan fingerprint density at radius 2 is 1.73 bits per heavy atom. The van der Waals surface area contributed by atoms with E-state index in [0.717, 1.165) is 4.47 Å². The predicted octanol–water partition coefficient (Wildman–Crippen LogP) is 5.38. The van der Waals surface area contributed by atoms with Crippen LogP contribution in [0.25, 0.3) is 16.6 Å². The van der Waals surface area contributed by atoms with Gasteiger partial charge in [-0.2, -0.15) is 0 Å². The maximum Gasteiger partial charge on any atom is 0.266 e. The van der Waals surface area contributed by atoms with Crippen molar-refractivity contribution < 1.29 is 9.53 Å². The molecule has 1 atom stereocenters. The van der Waals surface area contributed by atoms with Crippen LogP contribution in [0.1, 0.15) is 36.1 Å². The number of ether oxygens (including phenoxy) is 1. The summed E-state index contributed by atoms with van der Waals surface area (Å²) in [7, 11) is 1.60. The lowest BCUT2D eigenvalue weighted by molar-refractivity contribution is 0.0693. The van der Waals surface area contributed by atoms with Crippen molar-refractivity contribution in [2.45, 2.75) is 19.9 Å². The lowest BCUT2D eigenvalue weighted by Crippen LogP contribution is -2.37. The van der Waals surface area contributed by atoms with E-state index in [1.165, 1.54) is 0 Å². The van der Waals surface area contributed by atoms with Gasteiger partial charge in [-0.25, -0.2) is 4.98 Å². The third-order valence-electron chi connectivity index (χ3n) is 5.67. The standard InChI is InChI=1S/C26H24BrN3O3/c1-4-29(25(31)18-9-11-19(27)12-10-18)17(2)24-28-23-8-6-5-7-22(23)26(32)30(24)20-13-15-21(33-3)16-14-20/h5-17H,4H2,1-3H3. The highest BCUT2D eigenvalue weighted by atomic mass is 79.9. The van der Waals surface area contributed by atoms with Crippen molar-refractivity contribution in [3.05, 3.63) is 99.0 Å². The number of nitrogens with zero attached hydrogens (tertiary/aromatic N) is 3. The fourth-order valence-electron chi connectivity index (χ4n) is 3.90. The van der Waals surface area contributed by atoms with Gasteiger partial charge in [0.05, 0.1) is 29.7 Å². The highest BCUT2D eigenvalue weighted by Gasteiger charge is 2.26. The summed E-state index contributed by atoms with van der Waals surface area (Å²) in [4.78, 5) is 33.5. The lowest BCUT2D eigenvalue weighted by atomic mass is 10.1. The van der Waals surface area contributed by atoms with Crippen molar-refractivity contribution >= 4 is 32.7 Å². The van der Waals surface area contributed by atoms with Crippen LogP contribution in [0.3, 0.4) is 0 Å². The second-order valence-corrected chi connectivity index (χ2v) is 8.52. The summed E-state index contributed by atoms with van der Waals surface area (Å²) in [5.74, 6) is 1.06. The zero-order chi connectivity index (χ0) is 23.5. The van der Waals surface area contributed by atoms with Gasteiger partial charge in [0.25, 0.3) is 11.5 Å². The van der Waals surface area contributed by atoms with E-state index < -0.39 is 6.04 Å². The summed E-state index contributed by atoms with van der Waals surface area (Å²) in [6.45, 7) is 4.28. The minimum atomic E-state index is -0.453. The first kappa shape index (κ1) is 22.7. The van der Waals surface area contributed by atoms with Crippen molar-refractivity contribution in [3.63, 3.8) is 0 Å². The fraction of sp³-hybridized carbons (Fsp3) is 0.192. The predicted molar refractivity (Wildman–Crippen MR) is 133 cm³/mol. The van der Waals surface area contributed by atoms with Gasteiger partial charge in [0.1, 0.15) is 11.6 Å². The molecule has 0 N–H and O–H groups in total. The number of carbonyl (C=O) groups is 1. The van der Waals surface area contributed by atoms with E-state index in [2.05, 4.69) is 15.9 Å². The molecule has 1 unspecified atom stereocenters. The van der Waals surface area contributed by atoms with E-state index in [1.54, 1.807) is 46.9 Å². The van der Waals surface area contributed by atoms with E-state index in [-0.39, 0.29) is 11.5 Å². The Morgan fingerprint density at radius 3 is 2.36 bits per heavy atom. The minimum absolute atomic E-state index is 0.124. The normalized spacial score (nSPS) is 11.9. The molecule has 0 bridgehead atoms. The van der Waals surface area contributed by atoms with Gasteiger partial charge in [0, 0.05) is 16.6 Å². The van der Waals surface area contributed by atoms with Crippen molar-refractivity contribution in [1.82, 2.24) is 14.5 Å². The molecule has 6 nitrogen and oxygen atoms in total. The van der Waals surface area contributed by atoms with E-state index in [9.17, 15) is 9.59 Å². The van der Waals surface area contributed by atoms with Crippen LogP contribution in [0, 0.1) is 0 Å². The van der Waals surface area contributed by atoms with Crippen molar-refractivity contribution in [1.29, 1.82) is 0 Å². The van der Waals surface area contributed by atoms with Crippen LogP contribution in [0.2, 0.25) is 0 Å². The molecule has 4 aromatic rings. The molecule has 1 amide bonds. The van der Waals surface area contributed by atoms with Gasteiger partial charge in [-0.05, 0) is 74.5 Å². The number of amides is 1. The van der Waals surface area contributed by atoms with Crippen LogP contribution in [0.5, 0.6) is 5.75 Å². The third-order valence-corrected chi connectivity index (χ3v) is 6.19. The molecule has 3 aromatic carbocycles. The lowest BCUT2D eigenvalue weighted by Gasteiger charge is -2.29. The van der Waals surface area contributed by atoms with Gasteiger partial charge >= 0.3 is 0 Å². The second-order valence-electron chi connectivity index (χ2n) is 7.60. The Labute approximate surface area is 200 Å². The molecule has 1 aromatic heterocycles. The van der Waals surface area contributed by atoms with E-state index in [0.29, 0.717) is 40.3 Å². The number of aromatic nitrogens is 2. The number of halogens is 1. The number of methoxy groups -OCH3 is 1. The second kappa shape index (κ2) is 9.58. The van der Waals surface area contributed by atoms with E-state index >= 15 is 0 Å². The van der Waals surface area contributed by atoms with Crippen LogP contribution in [0.15, 0.2) is 82.1 Å². The highest BCUT2D eigenvalue weighted by Crippen LogP contribution is 2.25. The molecule has 1 heterocycles. The maximum atomic E-state index is 13.6. The van der Waals surface area contributed by atoms with Crippen LogP contribution in [-0.2, 0) is 0 Å². The first-order chi connectivity index (χ1) is 15.9. The van der Waals surface area contributed by atoms with Gasteiger partial charge in [-0.1, -0.05) is 28.1 Å². The van der Waals surface area contributed by atoms with Gasteiger partial charge in [0.15, 0.2) is 0 Å². The number of fused-ring (bicyclic) bond motifs is 1. The number of rotatable bonds is 6. The van der Waals surface area contributed by atoms with E-state index in [1.807, 2.05) is 56.3 Å². The molecular formula is C26H24BrN3O3. The zero-order valence-electron chi connectivity index (χ0n) is 18.7. The third kappa shape index (κ3) is 4.41. The molecule has 33 heavy (non-hydrogen) atoms. The Bertz CT molecular complexity index is 1350. The molecule has 0 spiro atoms. The van der Waals surface area contributed by atoms with Crippen LogP contribution >= 0.6 is 15.9 Å². The highest BCUT2D eigenvalue weighted by molar-refractivity contribution is 9.10. The van der Waals surface area contributed by atoms with Gasteiger partial charge in [-0.15, -0.1) is 0 Å². The number of carbonyl (C=O) groups excluding carboxylic acids is 1. The quantitative estimate of drug-likeness (QED) is 0.352. The Hall–Kier alpha value is -3.45. The molecule has 7 heteroatoms. The van der Waals surface area contributed by atoms with Gasteiger partial charge in [-0.3, -0.25) is 14.2 Å². The summed E-state index contributed by atoms with van der Waals surface area (Å²) in [6, 6.07) is 21.3. The number of hydrogen-bond acceptors (Lipinski definition) is 4. The molecule has 0 radical (unpaired) electrons. The van der Waals surface area contributed by atoms with Crippen LogP contribution < -0.4 is 10.3 Å². The zero-order valence-corrected chi connectivity index (χ0v) is 20.2. The summed E-state index contributed by atoms with van der Waals surface area (Å²) in [5, 5.41) is 0.520. The molecule has 168 valence electrons. The van der Waals surface area contributed by atoms with Crippen molar-refractivity contribution in [2.75, 3.05) is 13.7 Å².